The number of amides is 3. The van der Waals surface area contributed by atoms with E-state index in [4.69, 9.17) is 9.47 Å². The van der Waals surface area contributed by atoms with E-state index in [1.165, 1.54) is 0 Å². The van der Waals surface area contributed by atoms with Crippen molar-refractivity contribution in [3.05, 3.63) is 23.8 Å². The zero-order valence-electron chi connectivity index (χ0n) is 19.1. The van der Waals surface area contributed by atoms with Gasteiger partial charge in [-0.15, -0.1) is 0 Å². The highest BCUT2D eigenvalue weighted by Gasteiger charge is 2.19. The Labute approximate surface area is 190 Å². The average molecular weight is 446 g/mol. The molecule has 0 bridgehead atoms. The highest BCUT2D eigenvalue weighted by atomic mass is 16.5. The molecule has 0 unspecified atom stereocenters. The number of nitrogens with zero attached hydrogens (tertiary/aromatic N) is 2. The maximum absolute atomic E-state index is 12.6. The third-order valence-electron chi connectivity index (χ3n) is 5.90. The molecule has 2 aliphatic rings. The van der Waals surface area contributed by atoms with Gasteiger partial charge in [0, 0.05) is 44.7 Å². The first-order valence-corrected chi connectivity index (χ1v) is 11.8. The molecule has 3 rings (SSSR count). The molecular weight excluding hydrogens is 410 g/mol. The number of hydrogen-bond donors (Lipinski definition) is 1. The molecule has 2 heterocycles. The number of carbonyl (C=O) groups is 3. The van der Waals surface area contributed by atoms with Gasteiger partial charge in [-0.3, -0.25) is 14.4 Å². The van der Waals surface area contributed by atoms with Crippen LogP contribution in [0.3, 0.4) is 0 Å². The molecule has 8 heteroatoms. The molecule has 0 saturated carbocycles. The van der Waals surface area contributed by atoms with E-state index in [0.717, 1.165) is 58.2 Å². The molecule has 2 saturated heterocycles. The van der Waals surface area contributed by atoms with Crippen molar-refractivity contribution in [1.29, 1.82) is 0 Å². The van der Waals surface area contributed by atoms with Gasteiger partial charge in [-0.25, -0.2) is 0 Å². The Morgan fingerprint density at radius 1 is 0.969 bits per heavy atom. The Morgan fingerprint density at radius 3 is 2.50 bits per heavy atom. The van der Waals surface area contributed by atoms with E-state index >= 15 is 0 Å². The Hall–Kier alpha value is -2.77. The highest BCUT2D eigenvalue weighted by molar-refractivity contribution is 5.95. The monoisotopic (exact) mass is 445 g/mol. The van der Waals surface area contributed by atoms with Gasteiger partial charge >= 0.3 is 0 Å². The van der Waals surface area contributed by atoms with E-state index in [-0.39, 0.29) is 24.3 Å². The molecule has 8 nitrogen and oxygen atoms in total. The van der Waals surface area contributed by atoms with Gasteiger partial charge in [0.15, 0.2) is 18.1 Å². The van der Waals surface area contributed by atoms with Crippen LogP contribution in [0.5, 0.6) is 11.5 Å². The van der Waals surface area contributed by atoms with Crippen LogP contribution in [0.25, 0.3) is 0 Å². The van der Waals surface area contributed by atoms with Crippen molar-refractivity contribution in [2.45, 2.75) is 51.9 Å². The summed E-state index contributed by atoms with van der Waals surface area (Å²) in [5.41, 5.74) is 0.449. The lowest BCUT2D eigenvalue weighted by Gasteiger charge is -2.26. The smallest absolute Gasteiger partial charge is 0.260 e. The minimum atomic E-state index is -0.232. The van der Waals surface area contributed by atoms with Crippen molar-refractivity contribution in [1.82, 2.24) is 15.1 Å². The molecule has 1 N–H and O–H groups in total. The third-order valence-corrected chi connectivity index (χ3v) is 5.90. The fourth-order valence-electron chi connectivity index (χ4n) is 4.09. The van der Waals surface area contributed by atoms with Crippen molar-refractivity contribution in [3.8, 4) is 11.5 Å². The van der Waals surface area contributed by atoms with Crippen molar-refractivity contribution in [3.63, 3.8) is 0 Å². The first-order chi connectivity index (χ1) is 15.6. The number of rotatable bonds is 9. The molecule has 0 atom stereocenters. The molecule has 0 aromatic heterocycles. The SMILES string of the molecule is CCOc1cc(C(=O)NCCN2CCCCCC2=O)ccc1OCC(=O)N1CCCCC1. The summed E-state index contributed by atoms with van der Waals surface area (Å²) in [4.78, 5) is 40.7. The van der Waals surface area contributed by atoms with Crippen molar-refractivity contribution >= 4 is 17.7 Å². The molecular formula is C24H35N3O5. The highest BCUT2D eigenvalue weighted by Crippen LogP contribution is 2.28. The van der Waals surface area contributed by atoms with Gasteiger partial charge < -0.3 is 24.6 Å². The molecule has 2 aliphatic heterocycles. The fourth-order valence-corrected chi connectivity index (χ4v) is 4.09. The van der Waals surface area contributed by atoms with Crippen molar-refractivity contribution in [2.75, 3.05) is 45.9 Å². The summed E-state index contributed by atoms with van der Waals surface area (Å²) in [5.74, 6) is 0.787. The lowest BCUT2D eigenvalue weighted by atomic mass is 10.1. The van der Waals surface area contributed by atoms with E-state index in [2.05, 4.69) is 5.32 Å². The molecule has 1 aromatic carbocycles. The second kappa shape index (κ2) is 12.3. The van der Waals surface area contributed by atoms with E-state index in [1.807, 2.05) is 16.7 Å². The lowest BCUT2D eigenvalue weighted by molar-refractivity contribution is -0.134. The predicted molar refractivity (Wildman–Crippen MR) is 121 cm³/mol. The Balaban J connectivity index is 1.53. The van der Waals surface area contributed by atoms with Gasteiger partial charge in [-0.1, -0.05) is 6.42 Å². The molecule has 1 aromatic rings. The van der Waals surface area contributed by atoms with Crippen LogP contribution in [-0.4, -0.2) is 73.5 Å². The summed E-state index contributed by atoms with van der Waals surface area (Å²) >= 11 is 0. The zero-order chi connectivity index (χ0) is 22.8. The molecule has 176 valence electrons. The van der Waals surface area contributed by atoms with Crippen LogP contribution in [0.15, 0.2) is 18.2 Å². The van der Waals surface area contributed by atoms with E-state index in [1.54, 1.807) is 18.2 Å². The molecule has 0 spiro atoms. The zero-order valence-corrected chi connectivity index (χ0v) is 19.1. The summed E-state index contributed by atoms with van der Waals surface area (Å²) in [7, 11) is 0. The average Bonchev–Trinajstić information content (AvgIpc) is 3.02. The van der Waals surface area contributed by atoms with E-state index < -0.39 is 0 Å². The normalized spacial score (nSPS) is 17.0. The number of likely N-dealkylation sites (tertiary alicyclic amines) is 2. The molecule has 32 heavy (non-hydrogen) atoms. The fraction of sp³-hybridized carbons (Fsp3) is 0.625. The van der Waals surface area contributed by atoms with Crippen LogP contribution in [0.2, 0.25) is 0 Å². The number of piperidine rings is 1. The van der Waals surface area contributed by atoms with Crippen LogP contribution in [0.1, 0.15) is 62.2 Å². The lowest BCUT2D eigenvalue weighted by Crippen LogP contribution is -2.38. The first kappa shape index (κ1) is 23.9. The minimum Gasteiger partial charge on any atom is -0.490 e. The topological polar surface area (TPSA) is 88.2 Å². The van der Waals surface area contributed by atoms with E-state index in [9.17, 15) is 14.4 Å². The van der Waals surface area contributed by atoms with Crippen LogP contribution in [0, 0.1) is 0 Å². The number of carbonyl (C=O) groups excluding carboxylic acids is 3. The predicted octanol–water partition coefficient (Wildman–Crippen LogP) is 2.61. The van der Waals surface area contributed by atoms with Gasteiger partial charge in [-0.05, 0) is 57.2 Å². The summed E-state index contributed by atoms with van der Waals surface area (Å²) in [6.45, 7) is 5.46. The number of nitrogens with one attached hydrogen (secondary N) is 1. The Morgan fingerprint density at radius 2 is 1.72 bits per heavy atom. The Bertz CT molecular complexity index is 792. The summed E-state index contributed by atoms with van der Waals surface area (Å²) in [6, 6.07) is 4.97. The molecule has 2 fully saturated rings. The molecule has 3 amide bonds. The van der Waals surface area contributed by atoms with E-state index in [0.29, 0.717) is 43.2 Å². The van der Waals surface area contributed by atoms with Crippen molar-refractivity contribution in [2.24, 2.45) is 0 Å². The van der Waals surface area contributed by atoms with Crippen LogP contribution < -0.4 is 14.8 Å². The van der Waals surface area contributed by atoms with Gasteiger partial charge in [0.2, 0.25) is 5.91 Å². The number of benzene rings is 1. The summed E-state index contributed by atoms with van der Waals surface area (Å²) in [6.07, 6.45) is 6.85. The van der Waals surface area contributed by atoms with Gasteiger partial charge in [0.05, 0.1) is 6.61 Å². The minimum absolute atomic E-state index is 0.0305. The van der Waals surface area contributed by atoms with Gasteiger partial charge in [0.25, 0.3) is 11.8 Å². The van der Waals surface area contributed by atoms with Gasteiger partial charge in [-0.2, -0.15) is 0 Å². The second-order valence-corrected chi connectivity index (χ2v) is 8.27. The van der Waals surface area contributed by atoms with Crippen LogP contribution in [0.4, 0.5) is 0 Å². The number of hydrogen-bond acceptors (Lipinski definition) is 5. The molecule has 0 radical (unpaired) electrons. The number of ether oxygens (including phenoxy) is 2. The van der Waals surface area contributed by atoms with Crippen LogP contribution >= 0.6 is 0 Å². The largest absolute Gasteiger partial charge is 0.490 e. The van der Waals surface area contributed by atoms with Crippen LogP contribution in [-0.2, 0) is 9.59 Å². The quantitative estimate of drug-likeness (QED) is 0.631. The standard InChI is InChI=1S/C24H35N3O5/c1-2-31-21-17-19(24(30)25-12-16-27-15-6-3-5-9-22(27)28)10-11-20(21)32-18-23(29)26-13-7-4-8-14-26/h10-11,17H,2-9,12-16,18H2,1H3,(H,25,30). The summed E-state index contributed by atoms with van der Waals surface area (Å²) < 4.78 is 11.4. The maximum atomic E-state index is 12.6. The third kappa shape index (κ3) is 6.87. The maximum Gasteiger partial charge on any atom is 0.260 e. The molecule has 0 aliphatic carbocycles. The first-order valence-electron chi connectivity index (χ1n) is 11.8. The Kier molecular flexibility index (Phi) is 9.19. The second-order valence-electron chi connectivity index (χ2n) is 8.27. The van der Waals surface area contributed by atoms with Gasteiger partial charge in [0.1, 0.15) is 0 Å². The van der Waals surface area contributed by atoms with Crippen molar-refractivity contribution < 1.29 is 23.9 Å². The summed E-state index contributed by atoms with van der Waals surface area (Å²) in [5, 5.41) is 2.88.